The summed E-state index contributed by atoms with van der Waals surface area (Å²) in [6.45, 7) is 0. The zero-order valence-corrected chi connectivity index (χ0v) is 12.7. The zero-order chi connectivity index (χ0) is 16.4. The van der Waals surface area contributed by atoms with Gasteiger partial charge in [-0.15, -0.1) is 11.3 Å². The smallest absolute Gasteiger partial charge is 0.416 e. The first kappa shape index (κ1) is 15.6. The molecule has 23 heavy (non-hydrogen) atoms. The topological polar surface area (TPSA) is 33.1 Å². The van der Waals surface area contributed by atoms with Crippen LogP contribution in [0.4, 0.5) is 13.2 Å². The number of alkyl halides is 3. The Hall–Kier alpha value is -2.34. The summed E-state index contributed by atoms with van der Waals surface area (Å²) in [7, 11) is 0. The summed E-state index contributed by atoms with van der Waals surface area (Å²) in [4.78, 5) is 4.64. The second kappa shape index (κ2) is 6.04. The van der Waals surface area contributed by atoms with E-state index in [1.807, 2.05) is 30.3 Å². The van der Waals surface area contributed by atoms with Crippen molar-refractivity contribution in [3.8, 4) is 16.5 Å². The number of hydrogen-bond acceptors (Lipinski definition) is 3. The highest BCUT2D eigenvalue weighted by molar-refractivity contribution is 7.15. The van der Waals surface area contributed by atoms with Gasteiger partial charge in [0, 0.05) is 12.0 Å². The number of benzene rings is 2. The van der Waals surface area contributed by atoms with Gasteiger partial charge in [-0.1, -0.05) is 48.5 Å². The lowest BCUT2D eigenvalue weighted by Crippen LogP contribution is -2.05. The molecule has 1 N–H and O–H groups in total. The van der Waals surface area contributed by atoms with E-state index in [1.165, 1.54) is 17.4 Å². The summed E-state index contributed by atoms with van der Waals surface area (Å²) in [5.74, 6) is -0.133. The highest BCUT2D eigenvalue weighted by Gasteiger charge is 2.30. The van der Waals surface area contributed by atoms with Crippen molar-refractivity contribution >= 4 is 11.3 Å². The van der Waals surface area contributed by atoms with Crippen LogP contribution in [-0.4, -0.2) is 10.1 Å². The third-order valence-corrected chi connectivity index (χ3v) is 4.41. The maximum absolute atomic E-state index is 12.8. The standard InChI is InChI=1S/C17H12F3NOS/c18-17(19,20)13-8-4-5-11(9-13)10-14-15(22)21-16(23-14)12-6-2-1-3-7-12/h1-9,22H,10H2. The summed E-state index contributed by atoms with van der Waals surface area (Å²) in [5.41, 5.74) is 0.656. The van der Waals surface area contributed by atoms with Crippen LogP contribution in [0, 0.1) is 0 Å². The summed E-state index contributed by atoms with van der Waals surface area (Å²) >= 11 is 1.28. The number of nitrogens with zero attached hydrogens (tertiary/aromatic N) is 1. The normalized spacial score (nSPS) is 11.6. The monoisotopic (exact) mass is 335 g/mol. The predicted molar refractivity (Wildman–Crippen MR) is 83.5 cm³/mol. The van der Waals surface area contributed by atoms with E-state index in [0.717, 1.165) is 17.7 Å². The first-order chi connectivity index (χ1) is 10.9. The summed E-state index contributed by atoms with van der Waals surface area (Å²) < 4.78 is 38.3. The van der Waals surface area contributed by atoms with Gasteiger partial charge in [0.05, 0.1) is 10.4 Å². The van der Waals surface area contributed by atoms with E-state index in [-0.39, 0.29) is 12.3 Å². The lowest BCUT2D eigenvalue weighted by atomic mass is 10.1. The molecule has 2 nitrogen and oxygen atoms in total. The van der Waals surface area contributed by atoms with Crippen LogP contribution < -0.4 is 0 Å². The molecule has 0 amide bonds. The molecular formula is C17H12F3NOS. The Morgan fingerprint density at radius 3 is 2.43 bits per heavy atom. The van der Waals surface area contributed by atoms with Crippen LogP contribution in [0.15, 0.2) is 54.6 Å². The molecule has 0 saturated carbocycles. The fraction of sp³-hybridized carbons (Fsp3) is 0.118. The van der Waals surface area contributed by atoms with Crippen molar-refractivity contribution in [2.45, 2.75) is 12.6 Å². The van der Waals surface area contributed by atoms with Gasteiger partial charge in [0.1, 0.15) is 5.01 Å². The molecule has 1 heterocycles. The molecule has 0 fully saturated rings. The van der Waals surface area contributed by atoms with Gasteiger partial charge < -0.3 is 5.11 Å². The fourth-order valence-corrected chi connectivity index (χ4v) is 3.20. The van der Waals surface area contributed by atoms with Crippen LogP contribution in [0.2, 0.25) is 0 Å². The van der Waals surface area contributed by atoms with Crippen LogP contribution in [0.3, 0.4) is 0 Å². The minimum Gasteiger partial charge on any atom is -0.492 e. The first-order valence-electron chi connectivity index (χ1n) is 6.84. The van der Waals surface area contributed by atoms with Gasteiger partial charge in [0.25, 0.3) is 0 Å². The molecule has 0 aliphatic rings. The Morgan fingerprint density at radius 1 is 1.00 bits per heavy atom. The van der Waals surface area contributed by atoms with Crippen LogP contribution in [0.5, 0.6) is 5.88 Å². The van der Waals surface area contributed by atoms with Gasteiger partial charge in [-0.3, -0.25) is 0 Å². The number of rotatable bonds is 3. The van der Waals surface area contributed by atoms with Crippen molar-refractivity contribution in [3.05, 3.63) is 70.6 Å². The molecule has 118 valence electrons. The van der Waals surface area contributed by atoms with E-state index in [1.54, 1.807) is 6.07 Å². The maximum atomic E-state index is 12.8. The average molecular weight is 335 g/mol. The van der Waals surface area contributed by atoms with Crippen LogP contribution in [-0.2, 0) is 12.6 Å². The molecule has 0 spiro atoms. The molecule has 0 atom stereocenters. The van der Waals surface area contributed by atoms with E-state index in [9.17, 15) is 18.3 Å². The van der Waals surface area contributed by atoms with Crippen LogP contribution in [0.25, 0.3) is 10.6 Å². The molecule has 1 aromatic heterocycles. The molecule has 0 unspecified atom stereocenters. The van der Waals surface area contributed by atoms with E-state index in [0.29, 0.717) is 15.4 Å². The van der Waals surface area contributed by atoms with Crippen molar-refractivity contribution in [2.24, 2.45) is 0 Å². The van der Waals surface area contributed by atoms with Gasteiger partial charge in [-0.2, -0.15) is 13.2 Å². The third-order valence-electron chi connectivity index (χ3n) is 3.32. The number of thiazole rings is 1. The predicted octanol–water partition coefficient (Wildman–Crippen LogP) is 5.13. The maximum Gasteiger partial charge on any atom is 0.416 e. The third kappa shape index (κ3) is 3.53. The Morgan fingerprint density at radius 2 is 1.74 bits per heavy atom. The molecule has 0 bridgehead atoms. The quantitative estimate of drug-likeness (QED) is 0.720. The SMILES string of the molecule is Oc1nc(-c2ccccc2)sc1Cc1cccc(C(F)(F)F)c1. The molecule has 0 aliphatic heterocycles. The fourth-order valence-electron chi connectivity index (χ4n) is 2.21. The minimum absolute atomic E-state index is 0.133. The van der Waals surface area contributed by atoms with Crippen molar-refractivity contribution < 1.29 is 18.3 Å². The van der Waals surface area contributed by atoms with Crippen molar-refractivity contribution in [2.75, 3.05) is 0 Å². The number of hydrogen-bond donors (Lipinski definition) is 1. The van der Waals surface area contributed by atoms with Crippen molar-refractivity contribution in [1.29, 1.82) is 0 Å². The van der Waals surface area contributed by atoms with Gasteiger partial charge in [-0.05, 0) is 11.6 Å². The summed E-state index contributed by atoms with van der Waals surface area (Å²) in [6.07, 6.45) is -4.17. The Balaban J connectivity index is 1.88. The number of aromatic nitrogens is 1. The molecule has 2 aromatic carbocycles. The van der Waals surface area contributed by atoms with Gasteiger partial charge in [0.2, 0.25) is 5.88 Å². The largest absolute Gasteiger partial charge is 0.492 e. The first-order valence-corrected chi connectivity index (χ1v) is 7.65. The zero-order valence-electron chi connectivity index (χ0n) is 11.8. The van der Waals surface area contributed by atoms with Gasteiger partial charge in [0.15, 0.2) is 0 Å². The van der Waals surface area contributed by atoms with Gasteiger partial charge in [-0.25, -0.2) is 4.98 Å². The Bertz CT molecular complexity index is 812. The van der Waals surface area contributed by atoms with Crippen molar-refractivity contribution in [1.82, 2.24) is 4.98 Å². The molecule has 3 rings (SSSR count). The highest BCUT2D eigenvalue weighted by atomic mass is 32.1. The molecular weight excluding hydrogens is 323 g/mol. The highest BCUT2D eigenvalue weighted by Crippen LogP contribution is 2.34. The minimum atomic E-state index is -4.37. The van der Waals surface area contributed by atoms with E-state index in [4.69, 9.17) is 0 Å². The van der Waals surface area contributed by atoms with Crippen LogP contribution in [0.1, 0.15) is 16.0 Å². The molecule has 6 heteroatoms. The second-order valence-electron chi connectivity index (χ2n) is 5.01. The Kier molecular flexibility index (Phi) is 4.09. The number of halogens is 3. The summed E-state index contributed by atoms with van der Waals surface area (Å²) in [5, 5.41) is 10.6. The van der Waals surface area contributed by atoms with E-state index >= 15 is 0 Å². The lowest BCUT2D eigenvalue weighted by molar-refractivity contribution is -0.137. The molecule has 0 radical (unpaired) electrons. The summed E-state index contributed by atoms with van der Waals surface area (Å²) in [6, 6.07) is 14.4. The van der Waals surface area contributed by atoms with Gasteiger partial charge >= 0.3 is 6.18 Å². The van der Waals surface area contributed by atoms with Crippen molar-refractivity contribution in [3.63, 3.8) is 0 Å². The Labute approximate surface area is 134 Å². The van der Waals surface area contributed by atoms with E-state index < -0.39 is 11.7 Å². The lowest BCUT2D eigenvalue weighted by Gasteiger charge is -2.08. The van der Waals surface area contributed by atoms with E-state index in [2.05, 4.69) is 4.98 Å². The van der Waals surface area contributed by atoms with Crippen LogP contribution >= 0.6 is 11.3 Å². The molecule has 0 saturated heterocycles. The molecule has 0 aliphatic carbocycles. The average Bonchev–Trinajstić information content (AvgIpc) is 2.89. The number of aromatic hydroxyl groups is 1. The second-order valence-corrected chi connectivity index (χ2v) is 6.09. The molecule has 3 aromatic rings.